The average Bonchev–Trinajstić information content (AvgIpc) is 3.23. The van der Waals surface area contributed by atoms with Gasteiger partial charge < -0.3 is 14.6 Å². The number of hydrazine groups is 1. The lowest BCUT2D eigenvalue weighted by molar-refractivity contribution is -0.147. The van der Waals surface area contributed by atoms with Crippen molar-refractivity contribution in [3.05, 3.63) is 64.5 Å². The third-order valence-electron chi connectivity index (χ3n) is 5.91. The molecule has 2 heterocycles. The first-order valence-electron chi connectivity index (χ1n) is 11.4. The minimum absolute atomic E-state index is 0.278. The number of nitriles is 1. The van der Waals surface area contributed by atoms with E-state index in [0.717, 1.165) is 17.9 Å². The Kier molecular flexibility index (Phi) is 7.63. The summed E-state index contributed by atoms with van der Waals surface area (Å²) >= 11 is 0. The number of hydrogen-bond donors (Lipinski definition) is 2. The van der Waals surface area contributed by atoms with E-state index in [4.69, 9.17) is 4.74 Å². The molecular formula is C26H29N5O5. The van der Waals surface area contributed by atoms with E-state index in [2.05, 4.69) is 29.2 Å². The molecule has 1 aliphatic heterocycles. The molecule has 1 aromatic carbocycles. The molecule has 1 aliphatic rings. The van der Waals surface area contributed by atoms with E-state index in [1.54, 1.807) is 36.4 Å². The Bertz CT molecular complexity index is 1270. The summed E-state index contributed by atoms with van der Waals surface area (Å²) in [6.45, 7) is 9.57. The highest BCUT2D eigenvalue weighted by Gasteiger charge is 2.50. The first-order valence-corrected chi connectivity index (χ1v) is 11.4. The number of aryl methyl sites for hydroxylation is 1. The molecule has 0 aliphatic carbocycles. The van der Waals surface area contributed by atoms with Gasteiger partial charge in [-0.1, -0.05) is 44.2 Å². The molecule has 0 bridgehead atoms. The van der Waals surface area contributed by atoms with Crippen LogP contribution in [0.15, 0.2) is 42.0 Å². The molecule has 3 rings (SSSR count). The molecule has 4 amide bonds. The van der Waals surface area contributed by atoms with Crippen LogP contribution in [0.2, 0.25) is 0 Å². The van der Waals surface area contributed by atoms with Crippen molar-refractivity contribution in [2.75, 3.05) is 6.61 Å². The van der Waals surface area contributed by atoms with Gasteiger partial charge in [-0.25, -0.2) is 9.59 Å². The van der Waals surface area contributed by atoms with Crippen molar-refractivity contribution in [3.63, 3.8) is 0 Å². The molecule has 0 unspecified atom stereocenters. The van der Waals surface area contributed by atoms with Gasteiger partial charge in [0.1, 0.15) is 17.2 Å². The second-order valence-electron chi connectivity index (χ2n) is 9.17. The quantitative estimate of drug-likeness (QED) is 0.252. The maximum absolute atomic E-state index is 12.9. The smallest absolute Gasteiger partial charge is 0.349 e. The van der Waals surface area contributed by atoms with Crippen LogP contribution < -0.4 is 10.7 Å². The van der Waals surface area contributed by atoms with E-state index < -0.39 is 36.0 Å². The van der Waals surface area contributed by atoms with Crippen molar-refractivity contribution in [3.8, 4) is 6.07 Å². The minimum atomic E-state index is -1.36. The predicted octanol–water partition coefficient (Wildman–Crippen LogP) is 2.71. The van der Waals surface area contributed by atoms with E-state index >= 15 is 0 Å². The average molecular weight is 492 g/mol. The van der Waals surface area contributed by atoms with Crippen molar-refractivity contribution in [1.29, 1.82) is 5.26 Å². The number of esters is 1. The maximum atomic E-state index is 12.9. The Morgan fingerprint density at radius 1 is 1.22 bits per heavy atom. The zero-order valence-corrected chi connectivity index (χ0v) is 20.9. The number of carbonyl (C=O) groups is 4. The normalized spacial score (nSPS) is 17.7. The van der Waals surface area contributed by atoms with Crippen LogP contribution in [0.25, 0.3) is 6.08 Å². The van der Waals surface area contributed by atoms with Crippen molar-refractivity contribution in [2.45, 2.75) is 46.7 Å². The fraction of sp³-hybridized carbons (Fsp3) is 0.346. The molecule has 1 aromatic heterocycles. The zero-order valence-electron chi connectivity index (χ0n) is 20.9. The standard InChI is InChI=1S/C26H29N5O5/c1-16(2)14-30-17(3)11-19(18(30)4)12-20(13-27)23(33)36-15-22(32)29-31-24(34)26(5,28-25(31)35)21-9-7-6-8-10-21/h6-12,16H,14-15H2,1-5H3,(H,28,35)(H,29,32)/b20-12+/t26-/m1/s1. The lowest BCUT2D eigenvalue weighted by Crippen LogP contribution is -2.49. The lowest BCUT2D eigenvalue weighted by Gasteiger charge is -2.22. The summed E-state index contributed by atoms with van der Waals surface area (Å²) in [5.41, 5.74) is 3.66. The van der Waals surface area contributed by atoms with Crippen LogP contribution in [0.4, 0.5) is 4.79 Å². The van der Waals surface area contributed by atoms with E-state index in [9.17, 15) is 24.4 Å². The fourth-order valence-corrected chi connectivity index (χ4v) is 3.99. The van der Waals surface area contributed by atoms with Crippen LogP contribution >= 0.6 is 0 Å². The number of carbonyl (C=O) groups excluding carboxylic acids is 4. The fourth-order valence-electron chi connectivity index (χ4n) is 3.99. The van der Waals surface area contributed by atoms with Crippen LogP contribution in [0.1, 0.15) is 43.3 Å². The number of nitrogens with one attached hydrogen (secondary N) is 2. The molecule has 10 nitrogen and oxygen atoms in total. The van der Waals surface area contributed by atoms with Crippen LogP contribution in [-0.4, -0.2) is 40.0 Å². The van der Waals surface area contributed by atoms with Gasteiger partial charge in [0.25, 0.3) is 11.8 Å². The van der Waals surface area contributed by atoms with E-state index in [0.29, 0.717) is 22.1 Å². The highest BCUT2D eigenvalue weighted by Crippen LogP contribution is 2.27. The van der Waals surface area contributed by atoms with Crippen molar-refractivity contribution in [1.82, 2.24) is 20.3 Å². The number of nitrogens with zero attached hydrogens (tertiary/aromatic N) is 3. The summed E-state index contributed by atoms with van der Waals surface area (Å²) in [6.07, 6.45) is 1.42. The van der Waals surface area contributed by atoms with Gasteiger partial charge in [-0.2, -0.15) is 10.3 Å². The Hall–Kier alpha value is -4.39. The Morgan fingerprint density at radius 3 is 2.50 bits per heavy atom. The van der Waals surface area contributed by atoms with Crippen LogP contribution in [-0.2, 0) is 31.2 Å². The number of amides is 4. The summed E-state index contributed by atoms with van der Waals surface area (Å²) in [5, 5.41) is 12.6. The third kappa shape index (κ3) is 5.30. The third-order valence-corrected chi connectivity index (χ3v) is 5.91. The first-order chi connectivity index (χ1) is 17.0. The molecule has 10 heteroatoms. The molecule has 0 saturated carbocycles. The zero-order chi connectivity index (χ0) is 26.6. The molecule has 1 fully saturated rings. The van der Waals surface area contributed by atoms with E-state index in [1.165, 1.54) is 13.0 Å². The van der Waals surface area contributed by atoms with Crippen molar-refractivity contribution < 1.29 is 23.9 Å². The number of aromatic nitrogens is 1. The molecule has 1 atom stereocenters. The lowest BCUT2D eigenvalue weighted by atomic mass is 9.92. The molecule has 0 radical (unpaired) electrons. The highest BCUT2D eigenvalue weighted by molar-refractivity contribution is 6.08. The SMILES string of the molecule is Cc1cc(/C=C(\C#N)C(=O)OCC(=O)NN2C(=O)N[C@](C)(c3ccccc3)C2=O)c(C)n1CC(C)C. The topological polar surface area (TPSA) is 134 Å². The van der Waals surface area contributed by atoms with Gasteiger partial charge >= 0.3 is 12.0 Å². The summed E-state index contributed by atoms with van der Waals surface area (Å²) in [5.74, 6) is -2.17. The molecular weight excluding hydrogens is 462 g/mol. The molecule has 36 heavy (non-hydrogen) atoms. The van der Waals surface area contributed by atoms with Crippen LogP contribution in [0.3, 0.4) is 0 Å². The van der Waals surface area contributed by atoms with Gasteiger partial charge in [0.05, 0.1) is 0 Å². The maximum Gasteiger partial charge on any atom is 0.349 e. The Morgan fingerprint density at radius 2 is 1.89 bits per heavy atom. The minimum Gasteiger partial charge on any atom is -0.451 e. The van der Waals surface area contributed by atoms with Gasteiger partial charge in [0.15, 0.2) is 6.61 Å². The number of urea groups is 1. The summed E-state index contributed by atoms with van der Waals surface area (Å²) < 4.78 is 7.07. The Balaban J connectivity index is 1.64. The number of ether oxygens (including phenoxy) is 1. The summed E-state index contributed by atoms with van der Waals surface area (Å²) in [4.78, 5) is 50.0. The van der Waals surface area contributed by atoms with Crippen LogP contribution in [0.5, 0.6) is 0 Å². The second kappa shape index (κ2) is 10.5. The highest BCUT2D eigenvalue weighted by atomic mass is 16.5. The Labute approximate surface area is 209 Å². The van der Waals surface area contributed by atoms with E-state index in [1.807, 2.05) is 19.9 Å². The number of hydrogen-bond acceptors (Lipinski definition) is 6. The van der Waals surface area contributed by atoms with Gasteiger partial charge in [-0.05, 0) is 50.0 Å². The van der Waals surface area contributed by atoms with Crippen molar-refractivity contribution >= 4 is 29.9 Å². The molecule has 2 aromatic rings. The summed E-state index contributed by atoms with van der Waals surface area (Å²) in [6, 6.07) is 11.4. The molecule has 188 valence electrons. The number of rotatable bonds is 8. The van der Waals surface area contributed by atoms with Gasteiger partial charge in [-0.15, -0.1) is 0 Å². The number of benzene rings is 1. The van der Waals surface area contributed by atoms with Crippen molar-refractivity contribution in [2.24, 2.45) is 5.92 Å². The van der Waals surface area contributed by atoms with E-state index in [-0.39, 0.29) is 5.57 Å². The molecule has 2 N–H and O–H groups in total. The summed E-state index contributed by atoms with van der Waals surface area (Å²) in [7, 11) is 0. The predicted molar refractivity (Wildman–Crippen MR) is 131 cm³/mol. The largest absolute Gasteiger partial charge is 0.451 e. The van der Waals surface area contributed by atoms with Gasteiger partial charge in [0.2, 0.25) is 0 Å². The van der Waals surface area contributed by atoms with Gasteiger partial charge in [0, 0.05) is 17.9 Å². The number of imide groups is 1. The molecule has 0 spiro atoms. The monoisotopic (exact) mass is 491 g/mol. The second-order valence-corrected chi connectivity index (χ2v) is 9.17. The van der Waals surface area contributed by atoms with Crippen LogP contribution in [0, 0.1) is 31.1 Å². The molecule has 1 saturated heterocycles. The van der Waals surface area contributed by atoms with Gasteiger partial charge in [-0.3, -0.25) is 15.0 Å². The first kappa shape index (κ1) is 26.2.